The van der Waals surface area contributed by atoms with E-state index in [0.29, 0.717) is 6.54 Å². The molecule has 0 aromatic carbocycles. The normalized spacial score (nSPS) is 20.6. The van der Waals surface area contributed by atoms with E-state index in [2.05, 4.69) is 0 Å². The van der Waals surface area contributed by atoms with Gasteiger partial charge >= 0.3 is 0 Å². The van der Waals surface area contributed by atoms with E-state index in [-0.39, 0.29) is 13.2 Å². The van der Waals surface area contributed by atoms with Crippen molar-refractivity contribution in [1.29, 1.82) is 0 Å². The molecule has 0 radical (unpaired) electrons. The maximum Gasteiger partial charge on any atom is 0.219 e. The quantitative estimate of drug-likeness (QED) is 0.700. The second kappa shape index (κ2) is 3.55. The number of nitrogens with zero attached hydrogens (tertiary/aromatic N) is 1. The molecule has 1 saturated carbocycles. The minimum absolute atomic E-state index is 0.108. The Labute approximate surface area is 79.6 Å². The SMILES string of the molecule is CCN(CCO)S(=O)(=O)C1(C)CC1. The number of rotatable bonds is 5. The summed E-state index contributed by atoms with van der Waals surface area (Å²) in [7, 11) is -3.17. The molecule has 4 nitrogen and oxygen atoms in total. The van der Waals surface area contributed by atoms with Crippen molar-refractivity contribution in [2.75, 3.05) is 19.7 Å². The third-order valence-electron chi connectivity index (χ3n) is 2.62. The van der Waals surface area contributed by atoms with Gasteiger partial charge < -0.3 is 5.11 Å². The van der Waals surface area contributed by atoms with Gasteiger partial charge in [0, 0.05) is 13.1 Å². The van der Waals surface area contributed by atoms with Gasteiger partial charge in [0.2, 0.25) is 10.0 Å². The average molecular weight is 207 g/mol. The van der Waals surface area contributed by atoms with Crippen molar-refractivity contribution in [3.05, 3.63) is 0 Å². The van der Waals surface area contributed by atoms with Gasteiger partial charge in [0.1, 0.15) is 0 Å². The Balaban J connectivity index is 2.78. The van der Waals surface area contributed by atoms with E-state index >= 15 is 0 Å². The Hall–Kier alpha value is -0.130. The number of sulfonamides is 1. The molecular weight excluding hydrogens is 190 g/mol. The predicted octanol–water partition coefficient (Wildman–Crippen LogP) is 0.183. The van der Waals surface area contributed by atoms with Gasteiger partial charge in [0.25, 0.3) is 0 Å². The fourth-order valence-corrected chi connectivity index (χ4v) is 3.21. The molecule has 0 aromatic heterocycles. The fraction of sp³-hybridized carbons (Fsp3) is 1.00. The molecule has 0 spiro atoms. The van der Waals surface area contributed by atoms with Crippen molar-refractivity contribution < 1.29 is 13.5 Å². The van der Waals surface area contributed by atoms with Crippen LogP contribution in [0, 0.1) is 0 Å². The standard InChI is InChI=1S/C8H17NO3S/c1-3-9(6-7-10)13(11,12)8(2)4-5-8/h10H,3-7H2,1-2H3. The van der Waals surface area contributed by atoms with Crippen molar-refractivity contribution in [3.8, 4) is 0 Å². The van der Waals surface area contributed by atoms with Crippen LogP contribution in [0.2, 0.25) is 0 Å². The Morgan fingerprint density at radius 1 is 1.46 bits per heavy atom. The minimum Gasteiger partial charge on any atom is -0.395 e. The highest BCUT2D eigenvalue weighted by molar-refractivity contribution is 7.90. The van der Waals surface area contributed by atoms with Crippen LogP contribution in [0.25, 0.3) is 0 Å². The van der Waals surface area contributed by atoms with E-state index < -0.39 is 14.8 Å². The highest BCUT2D eigenvalue weighted by Gasteiger charge is 2.52. The third-order valence-corrected chi connectivity index (χ3v) is 5.39. The first-order chi connectivity index (χ1) is 5.98. The Morgan fingerprint density at radius 3 is 2.31 bits per heavy atom. The van der Waals surface area contributed by atoms with Crippen molar-refractivity contribution in [1.82, 2.24) is 4.31 Å². The van der Waals surface area contributed by atoms with Crippen LogP contribution in [-0.4, -0.2) is 42.3 Å². The molecule has 0 bridgehead atoms. The molecule has 1 N–H and O–H groups in total. The summed E-state index contributed by atoms with van der Waals surface area (Å²) < 4.78 is 24.5. The molecule has 13 heavy (non-hydrogen) atoms. The Morgan fingerprint density at radius 2 is 2.00 bits per heavy atom. The van der Waals surface area contributed by atoms with E-state index in [1.54, 1.807) is 13.8 Å². The molecular formula is C8H17NO3S. The number of hydrogen-bond acceptors (Lipinski definition) is 3. The van der Waals surface area contributed by atoms with Crippen LogP contribution in [0.1, 0.15) is 26.7 Å². The molecule has 1 aliphatic carbocycles. The second-order valence-corrected chi connectivity index (χ2v) is 6.12. The van der Waals surface area contributed by atoms with Gasteiger partial charge in [0.15, 0.2) is 0 Å². The average Bonchev–Trinajstić information content (AvgIpc) is 2.80. The van der Waals surface area contributed by atoms with E-state index in [4.69, 9.17) is 5.11 Å². The zero-order valence-corrected chi connectivity index (χ0v) is 8.97. The number of aliphatic hydroxyl groups is 1. The van der Waals surface area contributed by atoms with Crippen molar-refractivity contribution in [2.45, 2.75) is 31.4 Å². The summed E-state index contributed by atoms with van der Waals surface area (Å²) in [5.74, 6) is 0. The first-order valence-electron chi connectivity index (χ1n) is 4.58. The molecule has 1 aliphatic rings. The summed E-state index contributed by atoms with van der Waals surface area (Å²) in [4.78, 5) is 0. The fourth-order valence-electron chi connectivity index (χ4n) is 1.31. The van der Waals surface area contributed by atoms with Crippen LogP contribution in [-0.2, 0) is 10.0 Å². The Kier molecular flexibility index (Phi) is 2.99. The van der Waals surface area contributed by atoms with Gasteiger partial charge in [0.05, 0.1) is 11.4 Å². The largest absolute Gasteiger partial charge is 0.395 e. The molecule has 0 heterocycles. The van der Waals surface area contributed by atoms with Crippen LogP contribution in [0.5, 0.6) is 0 Å². The first-order valence-corrected chi connectivity index (χ1v) is 6.02. The van der Waals surface area contributed by atoms with E-state index in [0.717, 1.165) is 12.8 Å². The monoisotopic (exact) mass is 207 g/mol. The van der Waals surface area contributed by atoms with Gasteiger partial charge in [-0.2, -0.15) is 4.31 Å². The molecule has 1 rings (SSSR count). The summed E-state index contributed by atoms with van der Waals surface area (Å²) in [6, 6.07) is 0. The lowest BCUT2D eigenvalue weighted by molar-refractivity contribution is 0.256. The van der Waals surface area contributed by atoms with Crippen molar-refractivity contribution in [2.24, 2.45) is 0 Å². The summed E-state index contributed by atoms with van der Waals surface area (Å²) in [6.07, 6.45) is 1.49. The smallest absolute Gasteiger partial charge is 0.219 e. The summed E-state index contributed by atoms with van der Waals surface area (Å²) >= 11 is 0. The third kappa shape index (κ3) is 1.87. The first kappa shape index (κ1) is 10.9. The predicted molar refractivity (Wildman–Crippen MR) is 50.9 cm³/mol. The van der Waals surface area contributed by atoms with Crippen LogP contribution >= 0.6 is 0 Å². The summed E-state index contributed by atoms with van der Waals surface area (Å²) in [6.45, 7) is 4.11. The number of aliphatic hydroxyl groups excluding tert-OH is 1. The highest BCUT2D eigenvalue weighted by atomic mass is 32.2. The van der Waals surface area contributed by atoms with E-state index in [9.17, 15) is 8.42 Å². The minimum atomic E-state index is -3.17. The van der Waals surface area contributed by atoms with Crippen LogP contribution in [0.3, 0.4) is 0 Å². The zero-order chi connectivity index (χ0) is 10.1. The molecule has 1 fully saturated rings. The van der Waals surface area contributed by atoms with Gasteiger partial charge in [-0.1, -0.05) is 6.92 Å². The van der Waals surface area contributed by atoms with Crippen LogP contribution < -0.4 is 0 Å². The van der Waals surface area contributed by atoms with E-state index in [1.165, 1.54) is 4.31 Å². The lowest BCUT2D eigenvalue weighted by Crippen LogP contribution is -2.40. The lowest BCUT2D eigenvalue weighted by Gasteiger charge is -2.23. The number of likely N-dealkylation sites (N-methyl/N-ethyl adjacent to an activating group) is 1. The topological polar surface area (TPSA) is 57.6 Å². The molecule has 0 unspecified atom stereocenters. The molecule has 78 valence electrons. The summed E-state index contributed by atoms with van der Waals surface area (Å²) in [5.41, 5.74) is 0. The molecule has 0 aromatic rings. The zero-order valence-electron chi connectivity index (χ0n) is 8.15. The van der Waals surface area contributed by atoms with Crippen LogP contribution in [0.4, 0.5) is 0 Å². The second-order valence-electron chi connectivity index (χ2n) is 3.67. The molecule has 0 aliphatic heterocycles. The van der Waals surface area contributed by atoms with Gasteiger partial charge in [-0.3, -0.25) is 0 Å². The molecule has 0 atom stereocenters. The molecule has 0 saturated heterocycles. The van der Waals surface area contributed by atoms with Crippen LogP contribution in [0.15, 0.2) is 0 Å². The maximum absolute atomic E-state index is 11.9. The van der Waals surface area contributed by atoms with Crippen molar-refractivity contribution in [3.63, 3.8) is 0 Å². The van der Waals surface area contributed by atoms with Gasteiger partial charge in [-0.05, 0) is 19.8 Å². The van der Waals surface area contributed by atoms with Crippen molar-refractivity contribution >= 4 is 10.0 Å². The van der Waals surface area contributed by atoms with E-state index in [1.807, 2.05) is 0 Å². The lowest BCUT2D eigenvalue weighted by atomic mass is 10.5. The van der Waals surface area contributed by atoms with Gasteiger partial charge in [-0.15, -0.1) is 0 Å². The Bertz CT molecular complexity index is 269. The van der Waals surface area contributed by atoms with Gasteiger partial charge in [-0.25, -0.2) is 8.42 Å². The maximum atomic E-state index is 11.9. The molecule has 0 amide bonds. The number of hydrogen-bond donors (Lipinski definition) is 1. The molecule has 5 heteroatoms. The highest BCUT2D eigenvalue weighted by Crippen LogP contribution is 2.44. The summed E-state index contributed by atoms with van der Waals surface area (Å²) in [5, 5.41) is 8.71.